The van der Waals surface area contributed by atoms with Crippen molar-refractivity contribution < 1.29 is 27.3 Å². The Labute approximate surface area is 165 Å². The SMILES string of the molecule is Cc1ccc(S(=O)(=O)NCCCC#CCB2OC(=O)CN(C)CC(=O)O2)cc1. The van der Waals surface area contributed by atoms with Crippen LogP contribution in [0.4, 0.5) is 0 Å². The number of nitrogens with zero attached hydrogens (tertiary/aromatic N) is 1. The molecule has 0 unspecified atom stereocenters. The molecule has 0 atom stereocenters. The average Bonchev–Trinajstić information content (AvgIpc) is 2.59. The van der Waals surface area contributed by atoms with Gasteiger partial charge in [-0.1, -0.05) is 17.7 Å². The smallest absolute Gasteiger partial charge is 0.498 e. The van der Waals surface area contributed by atoms with Crippen LogP contribution in [0, 0.1) is 18.8 Å². The minimum Gasteiger partial charge on any atom is -0.498 e. The number of unbranched alkanes of at least 4 members (excludes halogenated alkanes) is 1. The Morgan fingerprint density at radius 2 is 1.71 bits per heavy atom. The number of benzene rings is 1. The number of carbonyl (C=O) groups is 2. The molecule has 0 bridgehead atoms. The average molecular weight is 406 g/mol. The summed E-state index contributed by atoms with van der Waals surface area (Å²) in [6.45, 7) is 2.17. The summed E-state index contributed by atoms with van der Waals surface area (Å²) in [5.41, 5.74) is 0.988. The molecule has 0 spiro atoms. The van der Waals surface area contributed by atoms with Gasteiger partial charge in [-0.2, -0.15) is 0 Å². The second-order valence-corrected chi connectivity index (χ2v) is 8.22. The molecule has 1 fully saturated rings. The molecule has 1 aliphatic heterocycles. The van der Waals surface area contributed by atoms with E-state index in [9.17, 15) is 18.0 Å². The van der Waals surface area contributed by atoms with E-state index in [0.717, 1.165) is 5.56 Å². The molecule has 1 aliphatic rings. The van der Waals surface area contributed by atoms with Crippen LogP contribution in [0.1, 0.15) is 18.4 Å². The van der Waals surface area contributed by atoms with E-state index in [2.05, 4.69) is 16.6 Å². The molecule has 150 valence electrons. The quantitative estimate of drug-likeness (QED) is 0.419. The lowest BCUT2D eigenvalue weighted by atomic mass is 9.84. The van der Waals surface area contributed by atoms with Gasteiger partial charge in [0.15, 0.2) is 0 Å². The number of hydrogen-bond acceptors (Lipinski definition) is 7. The Bertz CT molecular complexity index is 840. The fourth-order valence-electron chi connectivity index (χ4n) is 2.40. The van der Waals surface area contributed by atoms with Crippen LogP contribution in [0.3, 0.4) is 0 Å². The summed E-state index contributed by atoms with van der Waals surface area (Å²) in [4.78, 5) is 24.9. The third-order valence-corrected chi connectivity index (χ3v) is 5.30. The van der Waals surface area contributed by atoms with Gasteiger partial charge in [0, 0.05) is 13.0 Å². The lowest BCUT2D eigenvalue weighted by Gasteiger charge is -2.21. The van der Waals surface area contributed by atoms with Gasteiger partial charge in [-0.25, -0.2) is 13.1 Å². The van der Waals surface area contributed by atoms with Crippen molar-refractivity contribution in [2.75, 3.05) is 26.7 Å². The van der Waals surface area contributed by atoms with Crippen molar-refractivity contribution in [1.82, 2.24) is 9.62 Å². The number of rotatable bonds is 6. The van der Waals surface area contributed by atoms with Crippen molar-refractivity contribution in [3.63, 3.8) is 0 Å². The summed E-state index contributed by atoms with van der Waals surface area (Å²) in [5, 5.41) is 0. The van der Waals surface area contributed by atoms with E-state index in [1.807, 2.05) is 6.92 Å². The first-order valence-electron chi connectivity index (χ1n) is 8.86. The third kappa shape index (κ3) is 7.35. The van der Waals surface area contributed by atoms with Crippen LogP contribution in [-0.4, -0.2) is 59.1 Å². The number of sulfonamides is 1. The molecular weight excluding hydrogens is 383 g/mol. The lowest BCUT2D eigenvalue weighted by Crippen LogP contribution is -2.42. The van der Waals surface area contributed by atoms with E-state index in [1.165, 1.54) is 4.90 Å². The maximum atomic E-state index is 12.1. The van der Waals surface area contributed by atoms with Gasteiger partial charge in [0.2, 0.25) is 10.0 Å². The van der Waals surface area contributed by atoms with Crippen LogP contribution in [0.5, 0.6) is 0 Å². The molecule has 0 amide bonds. The van der Waals surface area contributed by atoms with E-state index >= 15 is 0 Å². The fraction of sp³-hybridized carbons (Fsp3) is 0.444. The van der Waals surface area contributed by atoms with E-state index in [4.69, 9.17) is 9.31 Å². The van der Waals surface area contributed by atoms with Crippen molar-refractivity contribution in [1.29, 1.82) is 0 Å². The highest BCUT2D eigenvalue weighted by Crippen LogP contribution is 2.09. The molecule has 28 heavy (non-hydrogen) atoms. The molecule has 1 aromatic carbocycles. The normalized spacial score (nSPS) is 15.7. The molecule has 8 nitrogen and oxygen atoms in total. The van der Waals surface area contributed by atoms with E-state index in [-0.39, 0.29) is 30.8 Å². The lowest BCUT2D eigenvalue weighted by molar-refractivity contribution is -0.145. The van der Waals surface area contributed by atoms with Crippen molar-refractivity contribution in [3.8, 4) is 11.8 Å². The van der Waals surface area contributed by atoms with Crippen molar-refractivity contribution >= 4 is 29.1 Å². The number of nitrogens with one attached hydrogen (secondary N) is 1. The Morgan fingerprint density at radius 1 is 1.11 bits per heavy atom. The van der Waals surface area contributed by atoms with Crippen LogP contribution >= 0.6 is 0 Å². The van der Waals surface area contributed by atoms with Gasteiger partial charge in [-0.05, 0) is 32.5 Å². The van der Waals surface area contributed by atoms with E-state index < -0.39 is 29.1 Å². The van der Waals surface area contributed by atoms with Gasteiger partial charge in [-0.15, -0.1) is 11.8 Å². The molecule has 1 saturated heterocycles. The number of aryl methyl sites for hydroxylation is 1. The maximum absolute atomic E-state index is 12.1. The Balaban J connectivity index is 1.72. The van der Waals surface area contributed by atoms with Gasteiger partial charge in [0.25, 0.3) is 0 Å². The zero-order chi connectivity index (χ0) is 20.6. The number of carbonyl (C=O) groups excluding carboxylic acids is 2. The Morgan fingerprint density at radius 3 is 2.32 bits per heavy atom. The number of hydrogen-bond donors (Lipinski definition) is 1. The van der Waals surface area contributed by atoms with Crippen molar-refractivity contribution in [2.45, 2.75) is 31.0 Å². The Hall–Kier alpha value is -2.35. The zero-order valence-corrected chi connectivity index (χ0v) is 16.8. The summed E-state index contributed by atoms with van der Waals surface area (Å²) < 4.78 is 36.9. The topological polar surface area (TPSA) is 102 Å². The molecule has 0 saturated carbocycles. The highest BCUT2D eigenvalue weighted by atomic mass is 32.2. The van der Waals surface area contributed by atoms with Crippen LogP contribution in [0.2, 0.25) is 6.32 Å². The highest BCUT2D eigenvalue weighted by Gasteiger charge is 2.30. The monoisotopic (exact) mass is 406 g/mol. The second-order valence-electron chi connectivity index (χ2n) is 6.45. The fourth-order valence-corrected chi connectivity index (χ4v) is 3.47. The maximum Gasteiger partial charge on any atom is 0.611 e. The standard InChI is InChI=1S/C18H23BN2O6S/c1-15-7-9-16(10-8-15)28(24,25)20-12-6-4-3-5-11-19-26-17(22)13-21(2)14-18(23)27-19/h7-10,20H,4,6,11-14H2,1-2H3. The summed E-state index contributed by atoms with van der Waals surface area (Å²) in [7, 11) is -2.92. The van der Waals surface area contributed by atoms with Gasteiger partial charge < -0.3 is 9.31 Å². The Kier molecular flexibility index (Phi) is 8.05. The second kappa shape index (κ2) is 10.3. The first-order chi connectivity index (χ1) is 13.3. The minimum atomic E-state index is -3.53. The van der Waals surface area contributed by atoms with Crippen molar-refractivity contribution in [2.24, 2.45) is 0 Å². The molecule has 1 N–H and O–H groups in total. The van der Waals surface area contributed by atoms with E-state index in [1.54, 1.807) is 31.3 Å². The first kappa shape index (κ1) is 21.9. The molecule has 2 rings (SSSR count). The van der Waals surface area contributed by atoms with E-state index in [0.29, 0.717) is 12.8 Å². The number of likely N-dealkylation sites (N-methyl/N-ethyl adjacent to an activating group) is 1. The first-order valence-corrected chi connectivity index (χ1v) is 10.3. The van der Waals surface area contributed by atoms with Crippen LogP contribution in [0.15, 0.2) is 29.2 Å². The molecular formula is C18H23BN2O6S. The summed E-state index contributed by atoms with van der Waals surface area (Å²) in [6, 6.07) is 6.61. The summed E-state index contributed by atoms with van der Waals surface area (Å²) in [6.07, 6.45) is 1.05. The third-order valence-electron chi connectivity index (χ3n) is 3.82. The van der Waals surface area contributed by atoms with Gasteiger partial charge in [0.05, 0.1) is 24.3 Å². The largest absolute Gasteiger partial charge is 0.611 e. The van der Waals surface area contributed by atoms with Crippen LogP contribution in [0.25, 0.3) is 0 Å². The van der Waals surface area contributed by atoms with Crippen LogP contribution in [-0.2, 0) is 28.9 Å². The van der Waals surface area contributed by atoms with Crippen LogP contribution < -0.4 is 4.72 Å². The summed E-state index contributed by atoms with van der Waals surface area (Å²) >= 11 is 0. The molecule has 0 radical (unpaired) electrons. The molecule has 0 aliphatic carbocycles. The molecule has 10 heteroatoms. The highest BCUT2D eigenvalue weighted by molar-refractivity contribution is 7.89. The molecule has 1 heterocycles. The van der Waals surface area contributed by atoms with Gasteiger partial charge in [-0.3, -0.25) is 14.5 Å². The minimum absolute atomic E-state index is 0.0140. The van der Waals surface area contributed by atoms with Crippen molar-refractivity contribution in [3.05, 3.63) is 29.8 Å². The summed E-state index contributed by atoms with van der Waals surface area (Å²) in [5.74, 6) is 4.70. The zero-order valence-electron chi connectivity index (χ0n) is 15.9. The molecule has 1 aromatic rings. The van der Waals surface area contributed by atoms with Gasteiger partial charge >= 0.3 is 19.1 Å². The predicted octanol–water partition coefficient (Wildman–Crippen LogP) is 0.577. The van der Waals surface area contributed by atoms with Gasteiger partial charge in [0.1, 0.15) is 0 Å². The molecule has 0 aromatic heterocycles. The predicted molar refractivity (Wildman–Crippen MR) is 104 cm³/mol.